The molecule has 1 aliphatic heterocycles. The number of aromatic nitrogens is 1. The van der Waals surface area contributed by atoms with Gasteiger partial charge in [0.1, 0.15) is 5.82 Å². The van der Waals surface area contributed by atoms with Crippen LogP contribution in [-0.2, 0) is 10.0 Å². The first-order valence-electron chi connectivity index (χ1n) is 8.51. The number of nitrogens with one attached hydrogen (secondary N) is 1. The molecule has 1 aromatic heterocycles. The number of rotatable bonds is 6. The van der Waals surface area contributed by atoms with Crippen LogP contribution in [0.1, 0.15) is 18.4 Å². The molecule has 0 radical (unpaired) electrons. The fraction of sp³-hybridized carbons (Fsp3) is 0.316. The van der Waals surface area contributed by atoms with Crippen LogP contribution in [0.25, 0.3) is 6.08 Å². The predicted molar refractivity (Wildman–Crippen MR) is 102 cm³/mol. The van der Waals surface area contributed by atoms with Crippen LogP contribution in [0.4, 0.5) is 5.82 Å². The molecule has 1 N–H and O–H groups in total. The topological polar surface area (TPSA) is 62.3 Å². The number of sulfonamides is 1. The van der Waals surface area contributed by atoms with Gasteiger partial charge in [-0.05, 0) is 42.5 Å². The van der Waals surface area contributed by atoms with Gasteiger partial charge in [-0.25, -0.2) is 18.1 Å². The molecule has 3 rings (SSSR count). The van der Waals surface area contributed by atoms with Crippen molar-refractivity contribution in [3.8, 4) is 0 Å². The highest BCUT2D eigenvalue weighted by molar-refractivity contribution is 7.92. The molecule has 0 bridgehead atoms. The largest absolute Gasteiger partial charge is 0.357 e. The van der Waals surface area contributed by atoms with Crippen molar-refractivity contribution >= 4 is 21.9 Å². The van der Waals surface area contributed by atoms with E-state index in [-0.39, 0.29) is 0 Å². The van der Waals surface area contributed by atoms with Gasteiger partial charge in [-0.15, -0.1) is 0 Å². The smallest absolute Gasteiger partial charge is 0.233 e. The standard InChI is InChI=1S/C19H23N3O2S/c23-25(24,15-11-17-6-2-1-3-7-17)21-16-18-9-13-22(14-10-18)19-8-4-5-12-20-19/h1-8,11-12,15,18,21H,9-10,13-14,16H2/b15-11+. The monoisotopic (exact) mass is 357 g/mol. The molecule has 1 saturated heterocycles. The highest BCUT2D eigenvalue weighted by Gasteiger charge is 2.21. The lowest BCUT2D eigenvalue weighted by molar-refractivity contribution is 0.401. The van der Waals surface area contributed by atoms with E-state index < -0.39 is 10.0 Å². The molecular weight excluding hydrogens is 334 g/mol. The van der Waals surface area contributed by atoms with Crippen LogP contribution in [0.15, 0.2) is 60.1 Å². The molecule has 2 aromatic rings. The Kier molecular flexibility index (Phi) is 5.83. The predicted octanol–water partition coefficient (Wildman–Crippen LogP) is 2.89. The molecule has 0 unspecified atom stereocenters. The summed E-state index contributed by atoms with van der Waals surface area (Å²) in [6.45, 7) is 2.30. The summed E-state index contributed by atoms with van der Waals surface area (Å²) in [4.78, 5) is 6.62. The first-order valence-corrected chi connectivity index (χ1v) is 10.1. The Morgan fingerprint density at radius 2 is 1.80 bits per heavy atom. The zero-order valence-corrected chi connectivity index (χ0v) is 14.9. The second-order valence-electron chi connectivity index (χ2n) is 6.23. The summed E-state index contributed by atoms with van der Waals surface area (Å²) in [5.74, 6) is 1.35. The average molecular weight is 357 g/mol. The van der Waals surface area contributed by atoms with Crippen LogP contribution in [0.5, 0.6) is 0 Å². The van der Waals surface area contributed by atoms with Gasteiger partial charge in [0, 0.05) is 31.2 Å². The zero-order chi connectivity index (χ0) is 17.5. The van der Waals surface area contributed by atoms with Gasteiger partial charge in [0.15, 0.2) is 0 Å². The number of pyridine rings is 1. The lowest BCUT2D eigenvalue weighted by atomic mass is 9.97. The minimum atomic E-state index is -3.40. The molecule has 2 heterocycles. The van der Waals surface area contributed by atoms with Crippen molar-refractivity contribution in [3.05, 3.63) is 65.7 Å². The summed E-state index contributed by atoms with van der Waals surface area (Å²) in [7, 11) is -3.40. The van der Waals surface area contributed by atoms with Crippen LogP contribution in [0, 0.1) is 5.92 Å². The van der Waals surface area contributed by atoms with E-state index in [1.807, 2.05) is 48.5 Å². The summed E-state index contributed by atoms with van der Waals surface area (Å²) < 4.78 is 26.9. The maximum atomic E-state index is 12.1. The van der Waals surface area contributed by atoms with Gasteiger partial charge >= 0.3 is 0 Å². The number of hydrogen-bond donors (Lipinski definition) is 1. The van der Waals surface area contributed by atoms with E-state index in [0.717, 1.165) is 37.3 Å². The van der Waals surface area contributed by atoms with Crippen LogP contribution in [0.3, 0.4) is 0 Å². The van der Waals surface area contributed by atoms with Crippen LogP contribution in [-0.4, -0.2) is 33.0 Å². The number of anilines is 1. The summed E-state index contributed by atoms with van der Waals surface area (Å²) >= 11 is 0. The lowest BCUT2D eigenvalue weighted by Gasteiger charge is -2.32. The maximum absolute atomic E-state index is 12.1. The van der Waals surface area contributed by atoms with Crippen molar-refractivity contribution in [2.24, 2.45) is 5.92 Å². The van der Waals surface area contributed by atoms with Gasteiger partial charge in [-0.3, -0.25) is 0 Å². The van der Waals surface area contributed by atoms with E-state index in [9.17, 15) is 8.42 Å². The molecule has 1 aliphatic rings. The molecular formula is C19H23N3O2S. The Labute approximate surface area is 149 Å². The summed E-state index contributed by atoms with van der Waals surface area (Å²) in [6, 6.07) is 15.3. The molecule has 0 spiro atoms. The van der Waals surface area contributed by atoms with Gasteiger partial charge < -0.3 is 4.90 Å². The maximum Gasteiger partial charge on any atom is 0.233 e. The van der Waals surface area contributed by atoms with Crippen molar-refractivity contribution < 1.29 is 8.42 Å². The van der Waals surface area contributed by atoms with Gasteiger partial charge in [0.25, 0.3) is 0 Å². The lowest BCUT2D eigenvalue weighted by Crippen LogP contribution is -2.38. The Hall–Kier alpha value is -2.18. The third kappa shape index (κ3) is 5.41. The van der Waals surface area contributed by atoms with Gasteiger partial charge in [-0.1, -0.05) is 36.4 Å². The molecule has 0 saturated carbocycles. The van der Waals surface area contributed by atoms with Crippen molar-refractivity contribution in [2.45, 2.75) is 12.8 Å². The molecule has 1 fully saturated rings. The first kappa shape index (κ1) is 17.6. The Bertz CT molecular complexity index is 784. The Morgan fingerprint density at radius 1 is 1.08 bits per heavy atom. The third-order valence-electron chi connectivity index (χ3n) is 4.40. The minimum absolute atomic E-state index is 0.361. The normalized spacial score (nSPS) is 16.4. The summed E-state index contributed by atoms with van der Waals surface area (Å²) in [6.07, 6.45) is 5.34. The number of hydrogen-bond acceptors (Lipinski definition) is 4. The molecule has 0 atom stereocenters. The average Bonchev–Trinajstić information content (AvgIpc) is 2.67. The number of nitrogens with zero attached hydrogens (tertiary/aromatic N) is 2. The van der Waals surface area contributed by atoms with E-state index in [4.69, 9.17) is 0 Å². The van der Waals surface area contributed by atoms with Crippen molar-refractivity contribution in [2.75, 3.05) is 24.5 Å². The van der Waals surface area contributed by atoms with Crippen molar-refractivity contribution in [1.82, 2.24) is 9.71 Å². The van der Waals surface area contributed by atoms with E-state index in [2.05, 4.69) is 14.6 Å². The highest BCUT2D eigenvalue weighted by atomic mass is 32.2. The summed E-state index contributed by atoms with van der Waals surface area (Å²) in [5, 5.41) is 1.24. The fourth-order valence-electron chi connectivity index (χ4n) is 2.92. The summed E-state index contributed by atoms with van der Waals surface area (Å²) in [5.41, 5.74) is 0.872. The first-order chi connectivity index (χ1) is 12.1. The Morgan fingerprint density at radius 3 is 2.48 bits per heavy atom. The molecule has 132 valence electrons. The molecule has 0 amide bonds. The molecule has 25 heavy (non-hydrogen) atoms. The third-order valence-corrected chi connectivity index (χ3v) is 5.46. The number of benzene rings is 1. The van der Waals surface area contributed by atoms with Crippen LogP contribution >= 0.6 is 0 Å². The van der Waals surface area contributed by atoms with E-state index in [1.165, 1.54) is 5.41 Å². The SMILES string of the molecule is O=S(=O)(/C=C/c1ccccc1)NCC1CCN(c2ccccn2)CC1. The Balaban J connectivity index is 1.47. The zero-order valence-electron chi connectivity index (χ0n) is 14.1. The second kappa shape index (κ2) is 8.27. The van der Waals surface area contributed by atoms with E-state index >= 15 is 0 Å². The van der Waals surface area contributed by atoms with E-state index in [1.54, 1.807) is 12.3 Å². The minimum Gasteiger partial charge on any atom is -0.357 e. The molecule has 0 aliphatic carbocycles. The number of piperidine rings is 1. The van der Waals surface area contributed by atoms with E-state index in [0.29, 0.717) is 12.5 Å². The molecule has 6 heteroatoms. The van der Waals surface area contributed by atoms with Crippen molar-refractivity contribution in [1.29, 1.82) is 0 Å². The van der Waals surface area contributed by atoms with Crippen molar-refractivity contribution in [3.63, 3.8) is 0 Å². The van der Waals surface area contributed by atoms with Crippen LogP contribution < -0.4 is 9.62 Å². The van der Waals surface area contributed by atoms with Gasteiger partial charge in [0.05, 0.1) is 0 Å². The van der Waals surface area contributed by atoms with Gasteiger partial charge in [0.2, 0.25) is 10.0 Å². The molecule has 5 nitrogen and oxygen atoms in total. The molecule has 1 aromatic carbocycles. The quantitative estimate of drug-likeness (QED) is 0.863. The highest BCUT2D eigenvalue weighted by Crippen LogP contribution is 2.21. The van der Waals surface area contributed by atoms with Crippen LogP contribution in [0.2, 0.25) is 0 Å². The van der Waals surface area contributed by atoms with Gasteiger partial charge in [-0.2, -0.15) is 0 Å². The fourth-order valence-corrected chi connectivity index (χ4v) is 3.82. The second-order valence-corrected chi connectivity index (χ2v) is 7.88.